The molecule has 15 heavy (non-hydrogen) atoms. The molecule has 0 aliphatic carbocycles. The van der Waals surface area contributed by atoms with Gasteiger partial charge < -0.3 is 34.9 Å². The number of amidine groups is 1. The number of aromatic nitrogens is 1. The molecule has 4 nitrogen and oxygen atoms in total. The van der Waals surface area contributed by atoms with Crippen molar-refractivity contribution in [2.75, 3.05) is 0 Å². The normalized spacial score (nSPS) is 10.9. The van der Waals surface area contributed by atoms with Crippen LogP contribution in [0.1, 0.15) is 25.3 Å². The van der Waals surface area contributed by atoms with Crippen LogP contribution in [0.15, 0.2) is 29.7 Å². The highest BCUT2D eigenvalue weighted by atomic mass is 127. The fraction of sp³-hybridized carbons (Fsp3) is 0.400. The van der Waals surface area contributed by atoms with E-state index in [-0.39, 0.29) is 29.8 Å². The van der Waals surface area contributed by atoms with E-state index in [0.717, 1.165) is 18.5 Å². The molecular weight excluding hydrogens is 305 g/mol. The first kappa shape index (κ1) is 14.2. The largest absolute Gasteiger partial charge is 1.00 e. The van der Waals surface area contributed by atoms with Crippen LogP contribution in [-0.2, 0) is 6.54 Å². The van der Waals surface area contributed by atoms with Gasteiger partial charge in [0.25, 0.3) is 0 Å². The lowest BCUT2D eigenvalue weighted by Crippen LogP contribution is -3.00. The van der Waals surface area contributed by atoms with E-state index in [1.54, 1.807) is 0 Å². The molecule has 0 saturated carbocycles. The predicted octanol–water partition coefficient (Wildman–Crippen LogP) is -2.13. The Morgan fingerprint density at radius 2 is 2.07 bits per heavy atom. The summed E-state index contributed by atoms with van der Waals surface area (Å²) in [6.45, 7) is 3.16. The lowest BCUT2D eigenvalue weighted by atomic mass is 10.2. The number of nitrogens with two attached hydrogens (primary N) is 1. The van der Waals surface area contributed by atoms with Crippen molar-refractivity contribution >= 4 is 5.84 Å². The molecule has 0 saturated heterocycles. The third-order valence-electron chi connectivity index (χ3n) is 2.06. The Balaban J connectivity index is 0.00000196. The minimum atomic E-state index is 0. The van der Waals surface area contributed by atoms with Crippen molar-refractivity contribution in [1.82, 2.24) is 0 Å². The molecule has 0 bridgehead atoms. The molecule has 3 N–H and O–H groups in total. The highest BCUT2D eigenvalue weighted by Crippen LogP contribution is 1.94. The monoisotopic (exact) mass is 321 g/mol. The molecule has 5 heteroatoms. The minimum absolute atomic E-state index is 0. The minimum Gasteiger partial charge on any atom is -1.00 e. The summed E-state index contributed by atoms with van der Waals surface area (Å²) in [5.41, 5.74) is 6.17. The molecule has 0 radical (unpaired) electrons. The van der Waals surface area contributed by atoms with Gasteiger partial charge in [-0.2, -0.15) is 0 Å². The topological polar surface area (TPSA) is 62.5 Å². The summed E-state index contributed by atoms with van der Waals surface area (Å²) in [7, 11) is 0. The summed E-state index contributed by atoms with van der Waals surface area (Å²) in [5.74, 6) is 0.146. The molecule has 84 valence electrons. The zero-order valence-corrected chi connectivity index (χ0v) is 10.9. The van der Waals surface area contributed by atoms with E-state index < -0.39 is 0 Å². The summed E-state index contributed by atoms with van der Waals surface area (Å²) < 4.78 is 2.08. The first-order valence-corrected chi connectivity index (χ1v) is 4.75. The number of aryl methyl sites for hydroxylation is 1. The summed E-state index contributed by atoms with van der Waals surface area (Å²) in [5, 5.41) is 11.4. The summed E-state index contributed by atoms with van der Waals surface area (Å²) in [4.78, 5) is 0. The molecule has 0 amide bonds. The van der Waals surface area contributed by atoms with Crippen LogP contribution in [0.2, 0.25) is 0 Å². The zero-order valence-electron chi connectivity index (χ0n) is 8.73. The Labute approximate surface area is 107 Å². The average Bonchev–Trinajstić information content (AvgIpc) is 2.26. The Kier molecular flexibility index (Phi) is 7.02. The van der Waals surface area contributed by atoms with E-state index in [4.69, 9.17) is 10.9 Å². The lowest BCUT2D eigenvalue weighted by Gasteiger charge is -1.97. The van der Waals surface area contributed by atoms with Gasteiger partial charge in [0.1, 0.15) is 6.54 Å². The quantitative estimate of drug-likeness (QED) is 0.166. The van der Waals surface area contributed by atoms with Gasteiger partial charge in [0.15, 0.2) is 18.2 Å². The van der Waals surface area contributed by atoms with E-state index in [1.807, 2.05) is 24.5 Å². The molecule has 1 heterocycles. The Morgan fingerprint density at radius 1 is 1.47 bits per heavy atom. The van der Waals surface area contributed by atoms with Crippen LogP contribution in [0.25, 0.3) is 0 Å². The average molecular weight is 321 g/mol. The fourth-order valence-corrected chi connectivity index (χ4v) is 1.18. The van der Waals surface area contributed by atoms with Crippen molar-refractivity contribution in [2.45, 2.75) is 26.3 Å². The van der Waals surface area contributed by atoms with Crippen LogP contribution in [0.5, 0.6) is 0 Å². The summed E-state index contributed by atoms with van der Waals surface area (Å²) in [6.07, 6.45) is 6.20. The standard InChI is InChI=1S/C10H15N3O.HI/c1-2-3-6-13-7-4-9(5-8-13)10(11)12-14;/h4-5,7-8H,2-3,6,11H2,1H3;1H. The van der Waals surface area contributed by atoms with Crippen LogP contribution >= 0.6 is 0 Å². The van der Waals surface area contributed by atoms with Crippen molar-refractivity contribution in [3.8, 4) is 0 Å². The molecule has 0 unspecified atom stereocenters. The molecule has 0 aromatic carbocycles. The van der Waals surface area contributed by atoms with Crippen molar-refractivity contribution in [3.05, 3.63) is 30.1 Å². The maximum atomic E-state index is 8.46. The Morgan fingerprint density at radius 3 is 2.53 bits per heavy atom. The smallest absolute Gasteiger partial charge is 0.170 e. The highest BCUT2D eigenvalue weighted by Gasteiger charge is 2.02. The second-order valence-corrected chi connectivity index (χ2v) is 3.16. The van der Waals surface area contributed by atoms with Gasteiger partial charge in [-0.1, -0.05) is 18.5 Å². The molecule has 0 aliphatic heterocycles. The number of hydrogen-bond acceptors (Lipinski definition) is 2. The predicted molar refractivity (Wildman–Crippen MR) is 54.1 cm³/mol. The molecular formula is C10H16IN3O. The Hall–Kier alpha value is -0.850. The summed E-state index contributed by atoms with van der Waals surface area (Å²) >= 11 is 0. The number of pyridine rings is 1. The maximum absolute atomic E-state index is 8.46. The molecule has 0 spiro atoms. The van der Waals surface area contributed by atoms with E-state index in [9.17, 15) is 0 Å². The molecule has 0 aliphatic rings. The van der Waals surface area contributed by atoms with Gasteiger partial charge in [-0.15, -0.1) is 0 Å². The van der Waals surface area contributed by atoms with Crippen LogP contribution in [0.4, 0.5) is 0 Å². The van der Waals surface area contributed by atoms with Crippen molar-refractivity contribution in [2.24, 2.45) is 10.9 Å². The van der Waals surface area contributed by atoms with Gasteiger partial charge in [-0.05, 0) is 0 Å². The van der Waals surface area contributed by atoms with E-state index in [1.165, 1.54) is 6.42 Å². The van der Waals surface area contributed by atoms with Crippen molar-refractivity contribution in [1.29, 1.82) is 0 Å². The highest BCUT2D eigenvalue weighted by molar-refractivity contribution is 5.96. The third-order valence-corrected chi connectivity index (χ3v) is 2.06. The van der Waals surface area contributed by atoms with Gasteiger partial charge in [-0.25, -0.2) is 4.57 Å². The number of hydrogen-bond donors (Lipinski definition) is 2. The van der Waals surface area contributed by atoms with Gasteiger partial charge in [-0.3, -0.25) is 0 Å². The maximum Gasteiger partial charge on any atom is 0.170 e. The first-order chi connectivity index (χ1) is 6.77. The van der Waals surface area contributed by atoms with E-state index in [0.29, 0.717) is 0 Å². The van der Waals surface area contributed by atoms with Crippen LogP contribution in [0, 0.1) is 0 Å². The second kappa shape index (κ2) is 7.44. The molecule has 0 atom stereocenters. The molecule has 1 rings (SSSR count). The van der Waals surface area contributed by atoms with E-state index >= 15 is 0 Å². The third kappa shape index (κ3) is 4.46. The van der Waals surface area contributed by atoms with Crippen molar-refractivity contribution in [3.63, 3.8) is 0 Å². The van der Waals surface area contributed by atoms with E-state index in [2.05, 4.69) is 16.6 Å². The number of oxime groups is 1. The number of nitrogens with zero attached hydrogens (tertiary/aromatic N) is 2. The number of rotatable bonds is 4. The van der Waals surface area contributed by atoms with Gasteiger partial charge in [0.2, 0.25) is 0 Å². The van der Waals surface area contributed by atoms with Crippen LogP contribution in [0.3, 0.4) is 0 Å². The fourth-order valence-electron chi connectivity index (χ4n) is 1.18. The van der Waals surface area contributed by atoms with Gasteiger partial charge >= 0.3 is 0 Å². The molecule has 1 aromatic heterocycles. The summed E-state index contributed by atoms with van der Waals surface area (Å²) in [6, 6.07) is 3.68. The molecule has 0 fully saturated rings. The van der Waals surface area contributed by atoms with Crippen molar-refractivity contribution < 1.29 is 33.8 Å². The van der Waals surface area contributed by atoms with Crippen LogP contribution < -0.4 is 34.3 Å². The number of halogens is 1. The number of unbranched alkanes of at least 4 members (excludes halogenated alkanes) is 1. The molecule has 1 aromatic rings. The van der Waals surface area contributed by atoms with Crippen LogP contribution in [-0.4, -0.2) is 11.0 Å². The lowest BCUT2D eigenvalue weighted by molar-refractivity contribution is -0.697. The van der Waals surface area contributed by atoms with Gasteiger partial charge in [0.05, 0.1) is 0 Å². The SMILES string of the molecule is CCCC[n+]1ccc(/C(N)=N/O)cc1.[I-]. The zero-order chi connectivity index (χ0) is 10.4. The first-order valence-electron chi connectivity index (χ1n) is 4.75. The Bertz CT molecular complexity index is 311. The van der Waals surface area contributed by atoms with Gasteiger partial charge in [0, 0.05) is 24.1 Å². The second-order valence-electron chi connectivity index (χ2n) is 3.16.